The number of fused-ring (bicyclic) bond motifs is 1. The molecule has 136 valence electrons. The number of hydrogen-bond donors (Lipinski definition) is 0. The zero-order chi connectivity index (χ0) is 18.5. The first-order valence-corrected chi connectivity index (χ1v) is 9.54. The number of aromatic nitrogens is 3. The molecule has 0 aliphatic heterocycles. The summed E-state index contributed by atoms with van der Waals surface area (Å²) < 4.78 is 40.7. The summed E-state index contributed by atoms with van der Waals surface area (Å²) in [5.74, 6) is 2.20. The lowest BCUT2D eigenvalue weighted by Crippen LogP contribution is -2.07. The van der Waals surface area contributed by atoms with Gasteiger partial charge in [-0.05, 0) is 48.3 Å². The molecule has 7 heteroatoms. The van der Waals surface area contributed by atoms with Crippen LogP contribution in [-0.2, 0) is 13.2 Å². The second-order valence-electron chi connectivity index (χ2n) is 6.51. The second-order valence-corrected chi connectivity index (χ2v) is 7.82. The molecule has 1 aliphatic carbocycles. The van der Waals surface area contributed by atoms with E-state index in [-0.39, 0.29) is 0 Å². The van der Waals surface area contributed by atoms with Gasteiger partial charge in [0.1, 0.15) is 11.5 Å². The Morgan fingerprint density at radius 3 is 2.65 bits per heavy atom. The number of benzene rings is 1. The molecule has 0 saturated heterocycles. The summed E-state index contributed by atoms with van der Waals surface area (Å²) in [6.07, 6.45) is -0.824. The van der Waals surface area contributed by atoms with E-state index in [2.05, 4.69) is 35.1 Å². The molecule has 0 atom stereocenters. The van der Waals surface area contributed by atoms with Gasteiger partial charge < -0.3 is 4.57 Å². The number of thioether (sulfide) groups is 1. The third-order valence-electron chi connectivity index (χ3n) is 4.65. The van der Waals surface area contributed by atoms with Crippen molar-refractivity contribution in [2.75, 3.05) is 5.75 Å². The number of pyridine rings is 1. The third-order valence-corrected chi connectivity index (χ3v) is 5.61. The van der Waals surface area contributed by atoms with Gasteiger partial charge in [0.15, 0.2) is 0 Å². The molecule has 2 heterocycles. The zero-order valence-electron chi connectivity index (χ0n) is 14.5. The molecule has 0 radical (unpaired) electrons. The van der Waals surface area contributed by atoms with Gasteiger partial charge in [-0.2, -0.15) is 13.2 Å². The predicted molar refractivity (Wildman–Crippen MR) is 97.3 cm³/mol. The fraction of sp³-hybridized carbons (Fsp3) is 0.368. The Bertz CT molecular complexity index is 974. The van der Waals surface area contributed by atoms with Gasteiger partial charge in [-0.1, -0.05) is 13.0 Å². The molecular weight excluding hydrogens is 359 g/mol. The van der Waals surface area contributed by atoms with Crippen molar-refractivity contribution in [2.45, 2.75) is 36.8 Å². The SMILES string of the molecule is CCSc1ccc(C2CC2)cc1-c1nc2cc(C(F)(F)F)ncc2n1C. The molecule has 1 fully saturated rings. The minimum Gasteiger partial charge on any atom is -0.326 e. The fourth-order valence-corrected chi connectivity index (χ4v) is 3.94. The molecule has 1 aliphatic rings. The van der Waals surface area contributed by atoms with E-state index in [0.29, 0.717) is 22.8 Å². The highest BCUT2D eigenvalue weighted by molar-refractivity contribution is 7.99. The van der Waals surface area contributed by atoms with Crippen LogP contribution < -0.4 is 0 Å². The molecule has 0 spiro atoms. The van der Waals surface area contributed by atoms with Crippen molar-refractivity contribution in [1.29, 1.82) is 0 Å². The lowest BCUT2D eigenvalue weighted by Gasteiger charge is -2.11. The van der Waals surface area contributed by atoms with Crippen LogP contribution in [-0.4, -0.2) is 20.3 Å². The molecule has 0 amide bonds. The Morgan fingerprint density at radius 1 is 1.23 bits per heavy atom. The zero-order valence-corrected chi connectivity index (χ0v) is 15.3. The van der Waals surface area contributed by atoms with Crippen LogP contribution in [0.2, 0.25) is 0 Å². The van der Waals surface area contributed by atoms with Crippen molar-refractivity contribution >= 4 is 22.8 Å². The molecule has 4 rings (SSSR count). The van der Waals surface area contributed by atoms with E-state index in [1.807, 2.05) is 11.6 Å². The Morgan fingerprint density at radius 2 is 2.00 bits per heavy atom. The molecule has 26 heavy (non-hydrogen) atoms. The lowest BCUT2D eigenvalue weighted by atomic mass is 10.1. The Balaban J connectivity index is 1.88. The van der Waals surface area contributed by atoms with E-state index in [4.69, 9.17) is 0 Å². The van der Waals surface area contributed by atoms with E-state index in [1.165, 1.54) is 24.6 Å². The van der Waals surface area contributed by atoms with E-state index in [1.54, 1.807) is 11.8 Å². The molecular formula is C19H18F3N3S. The molecule has 2 aromatic heterocycles. The lowest BCUT2D eigenvalue weighted by molar-refractivity contribution is -0.141. The molecule has 1 saturated carbocycles. The first kappa shape index (κ1) is 17.4. The summed E-state index contributed by atoms with van der Waals surface area (Å²) in [5, 5.41) is 0. The highest BCUT2D eigenvalue weighted by Crippen LogP contribution is 2.43. The minimum absolute atomic E-state index is 0.314. The standard InChI is InChI=1S/C19H18F3N3S/c1-3-26-16-7-6-12(11-4-5-11)8-13(16)18-24-14-9-17(19(20,21)22)23-10-15(14)25(18)2/h6-11H,3-5H2,1-2H3. The molecule has 3 nitrogen and oxygen atoms in total. The number of halogens is 3. The highest BCUT2D eigenvalue weighted by Gasteiger charge is 2.33. The largest absolute Gasteiger partial charge is 0.433 e. The number of imidazole rings is 1. The number of nitrogens with zero attached hydrogens (tertiary/aromatic N) is 3. The summed E-state index contributed by atoms with van der Waals surface area (Å²) in [5.41, 5.74) is 2.26. The van der Waals surface area contributed by atoms with Crippen molar-refractivity contribution in [3.8, 4) is 11.4 Å². The van der Waals surface area contributed by atoms with Crippen molar-refractivity contribution < 1.29 is 13.2 Å². The monoisotopic (exact) mass is 377 g/mol. The topological polar surface area (TPSA) is 30.7 Å². The second kappa shape index (κ2) is 6.30. The maximum absolute atomic E-state index is 13.0. The molecule has 1 aromatic carbocycles. The normalized spacial score (nSPS) is 15.0. The summed E-state index contributed by atoms with van der Waals surface area (Å²) in [6.45, 7) is 2.08. The van der Waals surface area contributed by atoms with Gasteiger partial charge >= 0.3 is 6.18 Å². The van der Waals surface area contributed by atoms with Gasteiger partial charge in [-0.25, -0.2) is 9.97 Å². The third kappa shape index (κ3) is 3.09. The number of hydrogen-bond acceptors (Lipinski definition) is 3. The van der Waals surface area contributed by atoms with Crippen LogP contribution in [0.1, 0.15) is 36.9 Å². The molecule has 0 N–H and O–H groups in total. The van der Waals surface area contributed by atoms with Crippen molar-refractivity contribution in [3.63, 3.8) is 0 Å². The summed E-state index contributed by atoms with van der Waals surface area (Å²) in [4.78, 5) is 9.20. The van der Waals surface area contributed by atoms with E-state index >= 15 is 0 Å². The molecule has 3 aromatic rings. The average molecular weight is 377 g/mol. The maximum atomic E-state index is 13.0. The summed E-state index contributed by atoms with van der Waals surface area (Å²) in [6, 6.07) is 7.44. The Hall–Kier alpha value is -2.02. The molecule has 0 bridgehead atoms. The Kier molecular flexibility index (Phi) is 4.22. The average Bonchev–Trinajstić information content (AvgIpc) is 3.39. The first-order chi connectivity index (χ1) is 12.4. The van der Waals surface area contributed by atoms with Crippen molar-refractivity contribution in [1.82, 2.24) is 14.5 Å². The van der Waals surface area contributed by atoms with Crippen LogP contribution in [0, 0.1) is 0 Å². The van der Waals surface area contributed by atoms with Gasteiger partial charge in [0, 0.05) is 17.5 Å². The van der Waals surface area contributed by atoms with Gasteiger partial charge in [-0.3, -0.25) is 0 Å². The highest BCUT2D eigenvalue weighted by atomic mass is 32.2. The number of alkyl halides is 3. The Labute approximate surface area is 153 Å². The summed E-state index contributed by atoms with van der Waals surface area (Å²) >= 11 is 1.71. The van der Waals surface area contributed by atoms with Crippen molar-refractivity contribution in [2.24, 2.45) is 7.05 Å². The quantitative estimate of drug-likeness (QED) is 0.551. The maximum Gasteiger partial charge on any atom is 0.433 e. The van der Waals surface area contributed by atoms with Crippen LogP contribution in [0.4, 0.5) is 13.2 Å². The molecule has 0 unspecified atom stereocenters. The smallest absolute Gasteiger partial charge is 0.326 e. The van der Waals surface area contributed by atoms with Crippen molar-refractivity contribution in [3.05, 3.63) is 41.7 Å². The van der Waals surface area contributed by atoms with Gasteiger partial charge in [0.25, 0.3) is 0 Å². The minimum atomic E-state index is -4.47. The first-order valence-electron chi connectivity index (χ1n) is 8.55. The van der Waals surface area contributed by atoms with Crippen LogP contribution in [0.5, 0.6) is 0 Å². The van der Waals surface area contributed by atoms with Crippen LogP contribution >= 0.6 is 11.8 Å². The summed E-state index contributed by atoms with van der Waals surface area (Å²) in [7, 11) is 1.82. The van der Waals surface area contributed by atoms with Crippen LogP contribution in [0.25, 0.3) is 22.4 Å². The van der Waals surface area contributed by atoms with Crippen LogP contribution in [0.15, 0.2) is 35.4 Å². The number of aryl methyl sites for hydroxylation is 1. The van der Waals surface area contributed by atoms with Gasteiger partial charge in [0.2, 0.25) is 0 Å². The van der Waals surface area contributed by atoms with Gasteiger partial charge in [-0.15, -0.1) is 11.8 Å². The number of rotatable bonds is 4. The van der Waals surface area contributed by atoms with E-state index in [9.17, 15) is 13.2 Å². The van der Waals surface area contributed by atoms with E-state index < -0.39 is 11.9 Å². The fourth-order valence-electron chi connectivity index (χ4n) is 3.16. The van der Waals surface area contributed by atoms with Crippen LogP contribution in [0.3, 0.4) is 0 Å². The van der Waals surface area contributed by atoms with E-state index in [0.717, 1.165) is 22.3 Å². The predicted octanol–water partition coefficient (Wildman–Crippen LogP) is 5.64. The van der Waals surface area contributed by atoms with Gasteiger partial charge in [0.05, 0.1) is 17.2 Å².